The maximum atomic E-state index is 11.1. The maximum Gasteiger partial charge on any atom is 0.326 e. The number of rotatable bonds is 8. The summed E-state index contributed by atoms with van der Waals surface area (Å²) in [4.78, 5) is 32.1. The molecule has 1 atom stereocenters. The van der Waals surface area contributed by atoms with Gasteiger partial charge in [0, 0.05) is 6.42 Å². The molecule has 1 unspecified atom stereocenters. The number of carbonyl (C=O) groups is 3. The van der Waals surface area contributed by atoms with Gasteiger partial charge in [-0.15, -0.1) is 0 Å². The van der Waals surface area contributed by atoms with Crippen molar-refractivity contribution in [3.8, 4) is 0 Å². The van der Waals surface area contributed by atoms with Gasteiger partial charge in [-0.05, 0) is 19.9 Å². The summed E-state index contributed by atoms with van der Waals surface area (Å²) in [6.07, 6.45) is 0.217. The number of carboxylic acids is 2. The number of hydrogen-bond acceptors (Lipinski definition) is 4. The predicted octanol–water partition coefficient (Wildman–Crippen LogP) is 1.08. The molecule has 0 saturated heterocycles. The molecule has 7 heteroatoms. The Kier molecular flexibility index (Phi) is 20.4. The highest BCUT2D eigenvalue weighted by molar-refractivity contribution is 5.84. The van der Waals surface area contributed by atoms with E-state index in [-0.39, 0.29) is 25.8 Å². The fourth-order valence-electron chi connectivity index (χ4n) is 1.12. The minimum Gasteiger partial charge on any atom is -0.481 e. The molecule has 0 aromatic rings. The Morgan fingerprint density at radius 3 is 1.90 bits per heavy atom. The Balaban J connectivity index is -0.000000656. The first kappa shape index (κ1) is 23.5. The molecule has 0 radical (unpaired) electrons. The first-order valence-electron chi connectivity index (χ1n) is 6.86. The normalized spacial score (nSPS) is 10.1. The minimum atomic E-state index is -1.16. The first-order valence-corrected chi connectivity index (χ1v) is 6.86. The van der Waals surface area contributed by atoms with Crippen molar-refractivity contribution >= 4 is 17.8 Å². The lowest BCUT2D eigenvalue weighted by atomic mass is 10.1. The quantitative estimate of drug-likeness (QED) is 0.532. The fraction of sp³-hybridized carbons (Fsp3) is 0.769. The lowest BCUT2D eigenvalue weighted by Crippen LogP contribution is -2.44. The van der Waals surface area contributed by atoms with E-state index in [9.17, 15) is 14.4 Å². The van der Waals surface area contributed by atoms with Crippen LogP contribution in [-0.2, 0) is 14.4 Å². The topological polar surface area (TPSA) is 116 Å². The molecule has 0 aliphatic heterocycles. The zero-order valence-corrected chi connectivity index (χ0v) is 13.0. The molecule has 0 spiro atoms. The Bertz CT molecular complexity index is 269. The second kappa shape index (κ2) is 17.4. The molecule has 0 aliphatic rings. The molecule has 0 aromatic carbocycles. The molecule has 7 nitrogen and oxygen atoms in total. The highest BCUT2D eigenvalue weighted by atomic mass is 16.4. The van der Waals surface area contributed by atoms with Gasteiger partial charge in [0.1, 0.15) is 6.04 Å². The van der Waals surface area contributed by atoms with E-state index in [0.29, 0.717) is 0 Å². The van der Waals surface area contributed by atoms with Crippen molar-refractivity contribution < 1.29 is 24.6 Å². The van der Waals surface area contributed by atoms with E-state index in [4.69, 9.17) is 10.2 Å². The van der Waals surface area contributed by atoms with E-state index in [0.717, 1.165) is 0 Å². The van der Waals surface area contributed by atoms with Crippen LogP contribution < -0.4 is 10.6 Å². The molecule has 0 aliphatic carbocycles. The Hall–Kier alpha value is -1.63. The van der Waals surface area contributed by atoms with Crippen LogP contribution in [0.15, 0.2) is 0 Å². The summed E-state index contributed by atoms with van der Waals surface area (Å²) in [5.41, 5.74) is 0. The van der Waals surface area contributed by atoms with Crippen molar-refractivity contribution in [3.05, 3.63) is 0 Å². The smallest absolute Gasteiger partial charge is 0.326 e. The minimum absolute atomic E-state index is 0.0305. The molecular weight excluding hydrogens is 264 g/mol. The Labute approximate surface area is 120 Å². The van der Waals surface area contributed by atoms with Gasteiger partial charge in [0.25, 0.3) is 0 Å². The monoisotopic (exact) mass is 292 g/mol. The number of carboxylic acid groups (broad SMARTS) is 2. The summed E-state index contributed by atoms with van der Waals surface area (Å²) in [5.74, 6) is -2.56. The van der Waals surface area contributed by atoms with E-state index >= 15 is 0 Å². The number of likely N-dealkylation sites (N-methyl/N-ethyl adjacent to an activating group) is 1. The largest absolute Gasteiger partial charge is 0.481 e. The molecule has 1 amide bonds. The average Bonchev–Trinajstić information content (AvgIpc) is 2.42. The number of aliphatic carboxylic acids is 2. The lowest BCUT2D eigenvalue weighted by Gasteiger charge is -2.13. The van der Waals surface area contributed by atoms with Crippen molar-refractivity contribution in [2.24, 2.45) is 0 Å². The summed E-state index contributed by atoms with van der Waals surface area (Å²) < 4.78 is 0. The molecule has 0 fully saturated rings. The van der Waals surface area contributed by atoms with Crippen molar-refractivity contribution in [2.75, 3.05) is 13.6 Å². The first-order chi connectivity index (χ1) is 9.47. The predicted molar refractivity (Wildman–Crippen MR) is 77.7 cm³/mol. The number of hydrogen-bond donors (Lipinski definition) is 4. The van der Waals surface area contributed by atoms with Crippen LogP contribution in [0.4, 0.5) is 0 Å². The summed E-state index contributed by atoms with van der Waals surface area (Å²) in [6, 6.07) is -1.03. The highest BCUT2D eigenvalue weighted by Crippen LogP contribution is 2.01. The SMILES string of the molecule is CC.CC.CNCC(=O)NC(CCCC(=O)O)C(=O)O. The Morgan fingerprint density at radius 1 is 1.05 bits per heavy atom. The summed E-state index contributed by atoms with van der Waals surface area (Å²) in [5, 5.41) is 22.0. The van der Waals surface area contributed by atoms with Crippen LogP contribution in [0.3, 0.4) is 0 Å². The van der Waals surface area contributed by atoms with Crippen LogP contribution in [0.1, 0.15) is 47.0 Å². The molecule has 0 heterocycles. The standard InChI is InChI=1S/C9H16N2O5.2C2H6/c1-10-5-7(12)11-6(9(15)16)3-2-4-8(13)14;2*1-2/h6,10H,2-5H2,1H3,(H,11,12)(H,13,14)(H,15,16);2*1-2H3. The van der Waals surface area contributed by atoms with E-state index in [1.807, 2.05) is 27.7 Å². The van der Waals surface area contributed by atoms with Gasteiger partial charge in [-0.3, -0.25) is 9.59 Å². The highest BCUT2D eigenvalue weighted by Gasteiger charge is 2.19. The fourth-order valence-corrected chi connectivity index (χ4v) is 1.12. The van der Waals surface area contributed by atoms with E-state index in [1.54, 1.807) is 7.05 Å². The third kappa shape index (κ3) is 16.4. The molecular formula is C13H28N2O5. The van der Waals surface area contributed by atoms with E-state index in [1.165, 1.54) is 0 Å². The van der Waals surface area contributed by atoms with Crippen LogP contribution in [0, 0.1) is 0 Å². The van der Waals surface area contributed by atoms with Crippen molar-refractivity contribution in [3.63, 3.8) is 0 Å². The summed E-state index contributed by atoms with van der Waals surface area (Å²) in [7, 11) is 1.57. The summed E-state index contributed by atoms with van der Waals surface area (Å²) in [6.45, 7) is 8.03. The van der Waals surface area contributed by atoms with Gasteiger partial charge < -0.3 is 20.8 Å². The van der Waals surface area contributed by atoms with Crippen LogP contribution in [0.25, 0.3) is 0 Å². The van der Waals surface area contributed by atoms with Crippen LogP contribution in [-0.4, -0.2) is 47.7 Å². The summed E-state index contributed by atoms with van der Waals surface area (Å²) >= 11 is 0. The maximum absolute atomic E-state index is 11.1. The zero-order chi connectivity index (χ0) is 16.6. The molecule has 0 bridgehead atoms. The van der Waals surface area contributed by atoms with Crippen molar-refractivity contribution in [2.45, 2.75) is 53.0 Å². The van der Waals surface area contributed by atoms with Crippen molar-refractivity contribution in [1.82, 2.24) is 10.6 Å². The third-order valence-corrected chi connectivity index (χ3v) is 1.85. The van der Waals surface area contributed by atoms with Gasteiger partial charge in [-0.1, -0.05) is 27.7 Å². The van der Waals surface area contributed by atoms with E-state index in [2.05, 4.69) is 10.6 Å². The van der Waals surface area contributed by atoms with Crippen LogP contribution in [0.5, 0.6) is 0 Å². The van der Waals surface area contributed by atoms with Gasteiger partial charge >= 0.3 is 11.9 Å². The van der Waals surface area contributed by atoms with Crippen molar-refractivity contribution in [1.29, 1.82) is 0 Å². The molecule has 0 rings (SSSR count). The van der Waals surface area contributed by atoms with Gasteiger partial charge in [0.05, 0.1) is 6.54 Å². The molecule has 20 heavy (non-hydrogen) atoms. The molecule has 0 aromatic heterocycles. The zero-order valence-electron chi connectivity index (χ0n) is 13.0. The van der Waals surface area contributed by atoms with Gasteiger partial charge in [-0.25, -0.2) is 4.79 Å². The van der Waals surface area contributed by atoms with Gasteiger partial charge in [0.15, 0.2) is 0 Å². The number of nitrogens with one attached hydrogen (secondary N) is 2. The molecule has 4 N–H and O–H groups in total. The van der Waals surface area contributed by atoms with Crippen LogP contribution in [0.2, 0.25) is 0 Å². The average molecular weight is 292 g/mol. The van der Waals surface area contributed by atoms with Gasteiger partial charge in [0.2, 0.25) is 5.91 Å². The molecule has 0 saturated carbocycles. The van der Waals surface area contributed by atoms with Crippen LogP contribution >= 0.6 is 0 Å². The third-order valence-electron chi connectivity index (χ3n) is 1.85. The second-order valence-electron chi connectivity index (χ2n) is 3.27. The Morgan fingerprint density at radius 2 is 1.55 bits per heavy atom. The number of carbonyl (C=O) groups excluding carboxylic acids is 1. The van der Waals surface area contributed by atoms with E-state index < -0.39 is 23.9 Å². The second-order valence-corrected chi connectivity index (χ2v) is 3.27. The number of amides is 1. The lowest BCUT2D eigenvalue weighted by molar-refractivity contribution is -0.142. The van der Waals surface area contributed by atoms with Gasteiger partial charge in [-0.2, -0.15) is 0 Å². The molecule has 120 valence electrons.